The molecule has 0 bridgehead atoms. The summed E-state index contributed by atoms with van der Waals surface area (Å²) >= 11 is 5.59. The Balaban J connectivity index is 2.64. The lowest BCUT2D eigenvalue weighted by Gasteiger charge is -2.03. The molecule has 0 radical (unpaired) electrons. The Morgan fingerprint density at radius 3 is 2.75 bits per heavy atom. The molecule has 1 aromatic rings. The number of furan rings is 1. The average Bonchev–Trinajstić information content (AvgIpc) is 2.34. The largest absolute Gasteiger partial charge is 0.449 e. The SMILES string of the molecule is CC(=O)CC(C)c1ccc(Cl)o1. The third-order valence-electron chi connectivity index (χ3n) is 1.67. The fourth-order valence-corrected chi connectivity index (χ4v) is 1.28. The smallest absolute Gasteiger partial charge is 0.193 e. The van der Waals surface area contributed by atoms with Crippen LogP contribution in [0.15, 0.2) is 16.5 Å². The molecule has 0 fully saturated rings. The van der Waals surface area contributed by atoms with Crippen molar-refractivity contribution in [3.63, 3.8) is 0 Å². The molecule has 0 N–H and O–H groups in total. The predicted octanol–water partition coefficient (Wildman–Crippen LogP) is 3.02. The van der Waals surface area contributed by atoms with Gasteiger partial charge in [0, 0.05) is 12.3 Å². The summed E-state index contributed by atoms with van der Waals surface area (Å²) in [5.41, 5.74) is 0. The quantitative estimate of drug-likeness (QED) is 0.727. The molecule has 1 aromatic heterocycles. The van der Waals surface area contributed by atoms with Crippen molar-refractivity contribution in [1.29, 1.82) is 0 Å². The van der Waals surface area contributed by atoms with Crippen LogP contribution in [0.2, 0.25) is 5.22 Å². The number of carbonyl (C=O) groups is 1. The fourth-order valence-electron chi connectivity index (χ4n) is 1.12. The van der Waals surface area contributed by atoms with E-state index in [1.54, 1.807) is 19.1 Å². The van der Waals surface area contributed by atoms with Crippen molar-refractivity contribution >= 4 is 17.4 Å². The van der Waals surface area contributed by atoms with Crippen LogP contribution in [-0.4, -0.2) is 5.78 Å². The topological polar surface area (TPSA) is 30.2 Å². The van der Waals surface area contributed by atoms with Crippen LogP contribution in [0.4, 0.5) is 0 Å². The van der Waals surface area contributed by atoms with Gasteiger partial charge >= 0.3 is 0 Å². The molecule has 0 aliphatic heterocycles. The van der Waals surface area contributed by atoms with Gasteiger partial charge in [0.15, 0.2) is 5.22 Å². The highest BCUT2D eigenvalue weighted by molar-refractivity contribution is 6.28. The lowest BCUT2D eigenvalue weighted by atomic mass is 10.0. The number of halogens is 1. The van der Waals surface area contributed by atoms with Gasteiger partial charge in [-0.2, -0.15) is 0 Å². The minimum absolute atomic E-state index is 0.120. The van der Waals surface area contributed by atoms with E-state index in [2.05, 4.69) is 0 Å². The Morgan fingerprint density at radius 1 is 1.67 bits per heavy atom. The maximum Gasteiger partial charge on any atom is 0.193 e. The fraction of sp³-hybridized carbons (Fsp3) is 0.444. The van der Waals surface area contributed by atoms with Crippen molar-refractivity contribution in [3.05, 3.63) is 23.1 Å². The highest BCUT2D eigenvalue weighted by Gasteiger charge is 2.11. The summed E-state index contributed by atoms with van der Waals surface area (Å²) in [5, 5.41) is 0.375. The third kappa shape index (κ3) is 2.38. The van der Waals surface area contributed by atoms with Gasteiger partial charge in [0.05, 0.1) is 0 Å². The maximum atomic E-state index is 10.8. The van der Waals surface area contributed by atoms with Crippen molar-refractivity contribution in [2.45, 2.75) is 26.2 Å². The number of carbonyl (C=O) groups excluding carboxylic acids is 1. The lowest BCUT2D eigenvalue weighted by Crippen LogP contribution is -1.98. The van der Waals surface area contributed by atoms with Gasteiger partial charge in [-0.25, -0.2) is 0 Å². The van der Waals surface area contributed by atoms with Crippen LogP contribution >= 0.6 is 11.6 Å². The standard InChI is InChI=1S/C9H11ClO2/c1-6(5-7(2)11)8-3-4-9(10)12-8/h3-4,6H,5H2,1-2H3. The van der Waals surface area contributed by atoms with Gasteiger partial charge in [-0.15, -0.1) is 0 Å². The molecule has 12 heavy (non-hydrogen) atoms. The second-order valence-corrected chi connectivity index (χ2v) is 3.32. The number of hydrogen-bond donors (Lipinski definition) is 0. The zero-order chi connectivity index (χ0) is 9.14. The molecule has 0 saturated heterocycles. The van der Waals surface area contributed by atoms with E-state index in [4.69, 9.17) is 16.0 Å². The molecular weight excluding hydrogens is 176 g/mol. The summed E-state index contributed by atoms with van der Waals surface area (Å²) in [5.74, 6) is 1.06. The number of hydrogen-bond acceptors (Lipinski definition) is 2. The Bertz CT molecular complexity index is 278. The normalized spacial score (nSPS) is 12.9. The van der Waals surface area contributed by atoms with Crippen LogP contribution in [0.5, 0.6) is 0 Å². The van der Waals surface area contributed by atoms with Gasteiger partial charge in [0.1, 0.15) is 11.5 Å². The minimum atomic E-state index is 0.120. The zero-order valence-corrected chi connectivity index (χ0v) is 7.89. The molecule has 66 valence electrons. The monoisotopic (exact) mass is 186 g/mol. The number of ketones is 1. The summed E-state index contributed by atoms with van der Waals surface area (Å²) in [4.78, 5) is 10.8. The van der Waals surface area contributed by atoms with Crippen LogP contribution < -0.4 is 0 Å². The Hall–Kier alpha value is -0.760. The van der Waals surface area contributed by atoms with E-state index in [-0.39, 0.29) is 11.7 Å². The molecule has 0 spiro atoms. The summed E-state index contributed by atoms with van der Waals surface area (Å²) in [6, 6.07) is 3.49. The van der Waals surface area contributed by atoms with E-state index in [1.807, 2.05) is 6.92 Å². The van der Waals surface area contributed by atoms with Crippen LogP contribution in [0.3, 0.4) is 0 Å². The molecule has 1 atom stereocenters. The van der Waals surface area contributed by atoms with E-state index in [0.29, 0.717) is 11.6 Å². The van der Waals surface area contributed by atoms with Crippen LogP contribution in [0, 0.1) is 0 Å². The molecule has 0 amide bonds. The second-order valence-electron chi connectivity index (χ2n) is 2.95. The Kier molecular flexibility index (Phi) is 2.93. The Morgan fingerprint density at radius 2 is 2.33 bits per heavy atom. The van der Waals surface area contributed by atoms with Gasteiger partial charge in [-0.05, 0) is 30.7 Å². The molecule has 1 rings (SSSR count). The van der Waals surface area contributed by atoms with Crippen molar-refractivity contribution in [2.75, 3.05) is 0 Å². The van der Waals surface area contributed by atoms with Crippen molar-refractivity contribution in [2.24, 2.45) is 0 Å². The third-order valence-corrected chi connectivity index (χ3v) is 1.88. The van der Waals surface area contributed by atoms with Crippen LogP contribution in [0.25, 0.3) is 0 Å². The van der Waals surface area contributed by atoms with Crippen molar-refractivity contribution < 1.29 is 9.21 Å². The first kappa shape index (κ1) is 9.33. The second kappa shape index (κ2) is 3.76. The van der Waals surface area contributed by atoms with Crippen LogP contribution in [0.1, 0.15) is 31.9 Å². The first-order valence-electron chi connectivity index (χ1n) is 3.84. The van der Waals surface area contributed by atoms with E-state index in [1.165, 1.54) is 0 Å². The van der Waals surface area contributed by atoms with Gasteiger partial charge in [0.25, 0.3) is 0 Å². The predicted molar refractivity (Wildman–Crippen MR) is 47.4 cm³/mol. The Labute approximate surface area is 76.5 Å². The first-order chi connectivity index (χ1) is 5.59. The summed E-state index contributed by atoms with van der Waals surface area (Å²) in [7, 11) is 0. The molecule has 0 saturated carbocycles. The minimum Gasteiger partial charge on any atom is -0.449 e. The molecular formula is C9H11ClO2. The summed E-state index contributed by atoms with van der Waals surface area (Å²) < 4.78 is 5.16. The number of Topliss-reactive ketones (excluding diaryl/α,β-unsaturated/α-hetero) is 1. The van der Waals surface area contributed by atoms with Gasteiger partial charge in [0.2, 0.25) is 0 Å². The number of rotatable bonds is 3. The first-order valence-corrected chi connectivity index (χ1v) is 4.22. The molecule has 2 nitrogen and oxygen atoms in total. The maximum absolute atomic E-state index is 10.8. The van der Waals surface area contributed by atoms with Crippen LogP contribution in [-0.2, 0) is 4.79 Å². The van der Waals surface area contributed by atoms with E-state index in [0.717, 1.165) is 5.76 Å². The van der Waals surface area contributed by atoms with Crippen molar-refractivity contribution in [3.8, 4) is 0 Å². The van der Waals surface area contributed by atoms with Crippen molar-refractivity contribution in [1.82, 2.24) is 0 Å². The molecule has 0 aliphatic carbocycles. The highest BCUT2D eigenvalue weighted by atomic mass is 35.5. The zero-order valence-electron chi connectivity index (χ0n) is 7.13. The average molecular weight is 187 g/mol. The molecule has 3 heteroatoms. The molecule has 0 aliphatic rings. The van der Waals surface area contributed by atoms with E-state index < -0.39 is 0 Å². The summed E-state index contributed by atoms with van der Waals surface area (Å²) in [6.45, 7) is 3.51. The van der Waals surface area contributed by atoms with E-state index >= 15 is 0 Å². The van der Waals surface area contributed by atoms with Gasteiger partial charge in [-0.3, -0.25) is 0 Å². The summed E-state index contributed by atoms with van der Waals surface area (Å²) in [6.07, 6.45) is 0.504. The van der Waals surface area contributed by atoms with Gasteiger partial charge < -0.3 is 9.21 Å². The molecule has 1 unspecified atom stereocenters. The molecule has 0 aromatic carbocycles. The van der Waals surface area contributed by atoms with Gasteiger partial charge in [-0.1, -0.05) is 6.92 Å². The lowest BCUT2D eigenvalue weighted by molar-refractivity contribution is -0.117. The molecule has 1 heterocycles. The highest BCUT2D eigenvalue weighted by Crippen LogP contribution is 2.23. The van der Waals surface area contributed by atoms with E-state index in [9.17, 15) is 4.79 Å².